The van der Waals surface area contributed by atoms with E-state index in [4.69, 9.17) is 4.74 Å². The van der Waals surface area contributed by atoms with Crippen molar-refractivity contribution in [2.45, 2.75) is 52.2 Å². The van der Waals surface area contributed by atoms with Crippen molar-refractivity contribution in [2.24, 2.45) is 0 Å². The van der Waals surface area contributed by atoms with E-state index in [9.17, 15) is 9.18 Å². The highest BCUT2D eigenvalue weighted by Crippen LogP contribution is 2.23. The molecule has 27 heavy (non-hydrogen) atoms. The number of alkyl halides is 1. The fourth-order valence-corrected chi connectivity index (χ4v) is 2.46. The van der Waals surface area contributed by atoms with Gasteiger partial charge in [-0.15, -0.1) is 0 Å². The number of halogens is 1. The van der Waals surface area contributed by atoms with Crippen LogP contribution in [0.4, 0.5) is 16.3 Å². The van der Waals surface area contributed by atoms with Crippen LogP contribution in [-0.4, -0.2) is 34.0 Å². The third-order valence-electron chi connectivity index (χ3n) is 3.81. The SMILES string of the molecule is CCOc1cccc(CCC(C)Nc2nc(NC=O)nc(C(C)(C)F)n2)c1. The Hall–Kier alpha value is -2.77. The molecule has 0 saturated carbocycles. The van der Waals surface area contributed by atoms with E-state index in [0.717, 1.165) is 18.6 Å². The summed E-state index contributed by atoms with van der Waals surface area (Å²) in [6.07, 6.45) is 2.09. The molecule has 1 unspecified atom stereocenters. The van der Waals surface area contributed by atoms with Gasteiger partial charge in [0.2, 0.25) is 18.3 Å². The van der Waals surface area contributed by atoms with E-state index in [-0.39, 0.29) is 23.8 Å². The van der Waals surface area contributed by atoms with Gasteiger partial charge in [0.05, 0.1) is 6.61 Å². The monoisotopic (exact) mass is 375 g/mol. The number of carbonyl (C=O) groups is 1. The van der Waals surface area contributed by atoms with Crippen molar-refractivity contribution < 1.29 is 13.9 Å². The highest BCUT2D eigenvalue weighted by atomic mass is 19.1. The molecular formula is C19H26FN5O2. The van der Waals surface area contributed by atoms with Crippen molar-refractivity contribution in [3.8, 4) is 5.75 Å². The lowest BCUT2D eigenvalue weighted by Gasteiger charge is -2.17. The van der Waals surface area contributed by atoms with E-state index >= 15 is 0 Å². The molecule has 0 saturated heterocycles. The molecule has 1 aromatic carbocycles. The van der Waals surface area contributed by atoms with Crippen molar-refractivity contribution in [3.05, 3.63) is 35.7 Å². The fourth-order valence-electron chi connectivity index (χ4n) is 2.46. The molecule has 2 rings (SSSR count). The summed E-state index contributed by atoms with van der Waals surface area (Å²) in [5.74, 6) is 1.05. The lowest BCUT2D eigenvalue weighted by atomic mass is 10.1. The zero-order valence-corrected chi connectivity index (χ0v) is 16.1. The number of aryl methyl sites for hydroxylation is 1. The Labute approximate surface area is 158 Å². The molecule has 0 fully saturated rings. The van der Waals surface area contributed by atoms with Crippen LogP contribution in [0.2, 0.25) is 0 Å². The minimum Gasteiger partial charge on any atom is -0.494 e. The van der Waals surface area contributed by atoms with Crippen LogP contribution in [0, 0.1) is 0 Å². The Balaban J connectivity index is 2.04. The number of nitrogens with one attached hydrogen (secondary N) is 2. The van der Waals surface area contributed by atoms with Crippen LogP contribution in [0.15, 0.2) is 24.3 Å². The molecule has 0 aliphatic rings. The second-order valence-corrected chi connectivity index (χ2v) is 6.71. The summed E-state index contributed by atoms with van der Waals surface area (Å²) in [5, 5.41) is 5.49. The molecule has 2 aromatic rings. The fraction of sp³-hybridized carbons (Fsp3) is 0.474. The maximum atomic E-state index is 14.2. The molecule has 1 aromatic heterocycles. The van der Waals surface area contributed by atoms with Crippen molar-refractivity contribution in [1.29, 1.82) is 0 Å². The highest BCUT2D eigenvalue weighted by molar-refractivity contribution is 5.67. The molecule has 0 bridgehead atoms. The molecule has 0 aliphatic heterocycles. The van der Waals surface area contributed by atoms with E-state index in [1.165, 1.54) is 19.4 Å². The van der Waals surface area contributed by atoms with Crippen molar-refractivity contribution in [1.82, 2.24) is 15.0 Å². The topological polar surface area (TPSA) is 89.0 Å². The number of hydrogen-bond acceptors (Lipinski definition) is 6. The zero-order valence-electron chi connectivity index (χ0n) is 16.1. The number of anilines is 2. The van der Waals surface area contributed by atoms with Gasteiger partial charge in [0.15, 0.2) is 11.5 Å². The molecule has 1 atom stereocenters. The van der Waals surface area contributed by atoms with Gasteiger partial charge < -0.3 is 10.1 Å². The number of carbonyl (C=O) groups excluding carboxylic acids is 1. The van der Waals surface area contributed by atoms with Crippen LogP contribution in [0.3, 0.4) is 0 Å². The summed E-state index contributed by atoms with van der Waals surface area (Å²) in [6, 6.07) is 8.00. The van der Waals surface area contributed by atoms with Crippen molar-refractivity contribution >= 4 is 18.3 Å². The van der Waals surface area contributed by atoms with Crippen LogP contribution in [0.5, 0.6) is 5.75 Å². The van der Waals surface area contributed by atoms with Gasteiger partial charge in [-0.2, -0.15) is 15.0 Å². The summed E-state index contributed by atoms with van der Waals surface area (Å²) >= 11 is 0. The quantitative estimate of drug-likeness (QED) is 0.618. The first-order valence-corrected chi connectivity index (χ1v) is 8.95. The van der Waals surface area contributed by atoms with Crippen molar-refractivity contribution in [3.63, 3.8) is 0 Å². The molecular weight excluding hydrogens is 349 g/mol. The Morgan fingerprint density at radius 1 is 1.26 bits per heavy atom. The van der Waals surface area contributed by atoms with Crippen LogP contribution in [0.1, 0.15) is 45.5 Å². The number of hydrogen-bond donors (Lipinski definition) is 2. The third-order valence-corrected chi connectivity index (χ3v) is 3.81. The van der Waals surface area contributed by atoms with Gasteiger partial charge in [-0.05, 0) is 58.2 Å². The minimum absolute atomic E-state index is 0.0137. The maximum Gasteiger partial charge on any atom is 0.234 e. The van der Waals surface area contributed by atoms with Gasteiger partial charge in [-0.1, -0.05) is 12.1 Å². The van der Waals surface area contributed by atoms with Gasteiger partial charge in [0.1, 0.15) is 5.75 Å². The molecule has 2 N–H and O–H groups in total. The van der Waals surface area contributed by atoms with Gasteiger partial charge in [-0.3, -0.25) is 10.1 Å². The summed E-state index contributed by atoms with van der Waals surface area (Å²) in [7, 11) is 0. The Kier molecular flexibility index (Phi) is 7.04. The summed E-state index contributed by atoms with van der Waals surface area (Å²) in [4.78, 5) is 22.8. The predicted molar refractivity (Wildman–Crippen MR) is 103 cm³/mol. The lowest BCUT2D eigenvalue weighted by molar-refractivity contribution is -0.105. The molecule has 0 radical (unpaired) electrons. The number of nitrogens with zero attached hydrogens (tertiary/aromatic N) is 3. The second-order valence-electron chi connectivity index (χ2n) is 6.71. The maximum absolute atomic E-state index is 14.2. The second kappa shape index (κ2) is 9.25. The van der Waals surface area contributed by atoms with E-state index in [2.05, 4.69) is 25.6 Å². The number of ether oxygens (including phenoxy) is 1. The highest BCUT2D eigenvalue weighted by Gasteiger charge is 2.25. The van der Waals surface area contributed by atoms with Gasteiger partial charge in [0, 0.05) is 6.04 Å². The average Bonchev–Trinajstić information content (AvgIpc) is 2.60. The standard InChI is InChI=1S/C19H26FN5O2/c1-5-27-15-8-6-7-14(11-15)10-9-13(2)22-18-24-16(19(3,4)20)23-17(25-18)21-12-26/h6-8,11-13H,5,9-10H2,1-4H3,(H2,21,22,23,24,25,26). The minimum atomic E-state index is -1.75. The largest absolute Gasteiger partial charge is 0.494 e. The summed E-state index contributed by atoms with van der Waals surface area (Å²) in [5.41, 5.74) is -0.583. The normalized spacial score (nSPS) is 12.3. The smallest absolute Gasteiger partial charge is 0.234 e. The molecule has 0 aliphatic carbocycles. The third kappa shape index (κ3) is 6.47. The van der Waals surface area contributed by atoms with Gasteiger partial charge >= 0.3 is 0 Å². The number of rotatable bonds is 10. The molecule has 1 amide bonds. The predicted octanol–water partition coefficient (Wildman–Crippen LogP) is 3.48. The Bertz CT molecular complexity index is 764. The zero-order chi connectivity index (χ0) is 19.9. The summed E-state index contributed by atoms with van der Waals surface area (Å²) < 4.78 is 19.7. The molecule has 0 spiro atoms. The van der Waals surface area contributed by atoms with E-state index in [0.29, 0.717) is 13.0 Å². The van der Waals surface area contributed by atoms with Crippen LogP contribution in [-0.2, 0) is 16.9 Å². The number of benzene rings is 1. The molecule has 8 heteroatoms. The number of amides is 1. The van der Waals surface area contributed by atoms with Crippen LogP contribution >= 0.6 is 0 Å². The van der Waals surface area contributed by atoms with Gasteiger partial charge in [0.25, 0.3) is 0 Å². The molecule has 7 nitrogen and oxygen atoms in total. The van der Waals surface area contributed by atoms with E-state index in [1.54, 1.807) is 0 Å². The molecule has 1 heterocycles. The first-order valence-electron chi connectivity index (χ1n) is 8.95. The first kappa shape index (κ1) is 20.5. The first-order chi connectivity index (χ1) is 12.8. The number of aromatic nitrogens is 3. The Morgan fingerprint density at radius 2 is 2.00 bits per heavy atom. The average molecular weight is 375 g/mol. The summed E-state index contributed by atoms with van der Waals surface area (Å²) in [6.45, 7) is 7.28. The van der Waals surface area contributed by atoms with Gasteiger partial charge in [-0.25, -0.2) is 4.39 Å². The Morgan fingerprint density at radius 3 is 2.67 bits per heavy atom. The molecule has 146 valence electrons. The van der Waals surface area contributed by atoms with Crippen molar-refractivity contribution in [2.75, 3.05) is 17.2 Å². The van der Waals surface area contributed by atoms with E-state index < -0.39 is 5.67 Å². The lowest BCUT2D eigenvalue weighted by Crippen LogP contribution is -2.22. The van der Waals surface area contributed by atoms with Crippen LogP contribution in [0.25, 0.3) is 0 Å². The van der Waals surface area contributed by atoms with E-state index in [1.807, 2.05) is 38.1 Å². The van der Waals surface area contributed by atoms with Crippen LogP contribution < -0.4 is 15.4 Å².